The van der Waals surface area contributed by atoms with Crippen LogP contribution in [0.15, 0.2) is 29.4 Å². The van der Waals surface area contributed by atoms with E-state index in [2.05, 4.69) is 20.6 Å². The third-order valence-corrected chi connectivity index (χ3v) is 2.70. The molecule has 1 rings (SSSR count). The number of carbonyl (C=O) groups is 1. The Morgan fingerprint density at radius 2 is 2.09 bits per heavy atom. The molecule has 1 aromatic heterocycles. The SMILES string of the molecule is CC(C)(C)OC(=O)NCCCN=C(N)NCCc1ccccn1. The number of aromatic nitrogens is 1. The van der Waals surface area contributed by atoms with Crippen molar-refractivity contribution in [1.82, 2.24) is 15.6 Å². The highest BCUT2D eigenvalue weighted by Crippen LogP contribution is 2.06. The molecule has 0 aliphatic heterocycles. The molecule has 7 heteroatoms. The van der Waals surface area contributed by atoms with Gasteiger partial charge in [-0.05, 0) is 39.3 Å². The fourth-order valence-electron chi connectivity index (χ4n) is 1.70. The second-order valence-electron chi connectivity index (χ2n) is 6.05. The van der Waals surface area contributed by atoms with Gasteiger partial charge in [0.1, 0.15) is 5.60 Å². The van der Waals surface area contributed by atoms with Gasteiger partial charge in [-0.3, -0.25) is 9.98 Å². The van der Waals surface area contributed by atoms with Crippen LogP contribution in [0.2, 0.25) is 0 Å². The van der Waals surface area contributed by atoms with Gasteiger partial charge in [0.25, 0.3) is 0 Å². The molecule has 0 radical (unpaired) electrons. The number of guanidine groups is 1. The van der Waals surface area contributed by atoms with Crippen LogP contribution in [-0.4, -0.2) is 42.3 Å². The molecule has 4 N–H and O–H groups in total. The van der Waals surface area contributed by atoms with E-state index in [1.54, 1.807) is 6.20 Å². The summed E-state index contributed by atoms with van der Waals surface area (Å²) >= 11 is 0. The first-order valence-corrected chi connectivity index (χ1v) is 7.77. The van der Waals surface area contributed by atoms with Crippen molar-refractivity contribution in [2.75, 3.05) is 19.6 Å². The summed E-state index contributed by atoms with van der Waals surface area (Å²) in [4.78, 5) is 19.8. The van der Waals surface area contributed by atoms with E-state index >= 15 is 0 Å². The molecule has 0 bridgehead atoms. The normalized spacial score (nSPS) is 11.9. The molecule has 0 saturated heterocycles. The first-order valence-electron chi connectivity index (χ1n) is 7.77. The third-order valence-electron chi connectivity index (χ3n) is 2.70. The van der Waals surface area contributed by atoms with Crippen molar-refractivity contribution < 1.29 is 9.53 Å². The Labute approximate surface area is 137 Å². The Balaban J connectivity index is 2.09. The average molecular weight is 321 g/mol. The number of nitrogens with one attached hydrogen (secondary N) is 2. The monoisotopic (exact) mass is 321 g/mol. The minimum absolute atomic E-state index is 0.401. The predicted molar refractivity (Wildman–Crippen MR) is 91.3 cm³/mol. The van der Waals surface area contributed by atoms with Gasteiger partial charge in [-0.1, -0.05) is 6.07 Å². The molecular formula is C16H27N5O2. The summed E-state index contributed by atoms with van der Waals surface area (Å²) in [5, 5.41) is 5.72. The van der Waals surface area contributed by atoms with Gasteiger partial charge in [0, 0.05) is 37.9 Å². The summed E-state index contributed by atoms with van der Waals surface area (Å²) in [6, 6.07) is 5.81. The number of rotatable bonds is 7. The number of amides is 1. The van der Waals surface area contributed by atoms with E-state index in [0.29, 0.717) is 32.0 Å². The van der Waals surface area contributed by atoms with Crippen molar-refractivity contribution >= 4 is 12.1 Å². The molecule has 128 valence electrons. The lowest BCUT2D eigenvalue weighted by molar-refractivity contribution is 0.0527. The molecule has 1 aromatic rings. The number of hydrogen-bond acceptors (Lipinski definition) is 4. The Morgan fingerprint density at radius 3 is 2.74 bits per heavy atom. The molecule has 0 spiro atoms. The van der Waals surface area contributed by atoms with Crippen molar-refractivity contribution in [2.24, 2.45) is 10.7 Å². The summed E-state index contributed by atoms with van der Waals surface area (Å²) in [5.74, 6) is 0.401. The number of carbonyl (C=O) groups excluding carboxylic acids is 1. The highest BCUT2D eigenvalue weighted by Gasteiger charge is 2.15. The summed E-state index contributed by atoms with van der Waals surface area (Å²) < 4.78 is 5.13. The molecule has 23 heavy (non-hydrogen) atoms. The Hall–Kier alpha value is -2.31. The lowest BCUT2D eigenvalue weighted by Gasteiger charge is -2.19. The van der Waals surface area contributed by atoms with Crippen LogP contribution in [0.25, 0.3) is 0 Å². The maximum Gasteiger partial charge on any atom is 0.407 e. The molecule has 0 saturated carbocycles. The van der Waals surface area contributed by atoms with E-state index in [1.807, 2.05) is 39.0 Å². The Kier molecular flexibility index (Phi) is 7.87. The second kappa shape index (κ2) is 9.66. The van der Waals surface area contributed by atoms with Crippen LogP contribution in [-0.2, 0) is 11.2 Å². The van der Waals surface area contributed by atoms with E-state index in [1.165, 1.54) is 0 Å². The largest absolute Gasteiger partial charge is 0.444 e. The van der Waals surface area contributed by atoms with Gasteiger partial charge in [0.05, 0.1) is 0 Å². The summed E-state index contributed by atoms with van der Waals surface area (Å²) in [5.41, 5.74) is 6.30. The minimum Gasteiger partial charge on any atom is -0.444 e. The van der Waals surface area contributed by atoms with Gasteiger partial charge in [0.15, 0.2) is 5.96 Å². The number of nitrogens with two attached hydrogens (primary N) is 1. The first-order chi connectivity index (χ1) is 10.9. The predicted octanol–water partition coefficient (Wildman–Crippen LogP) is 1.44. The van der Waals surface area contributed by atoms with Gasteiger partial charge < -0.3 is 21.1 Å². The molecule has 0 atom stereocenters. The molecular weight excluding hydrogens is 294 g/mol. The average Bonchev–Trinajstić information content (AvgIpc) is 2.46. The molecule has 0 aliphatic rings. The zero-order valence-electron chi connectivity index (χ0n) is 14.1. The maximum atomic E-state index is 11.4. The van der Waals surface area contributed by atoms with E-state index in [4.69, 9.17) is 10.5 Å². The van der Waals surface area contributed by atoms with E-state index < -0.39 is 11.7 Å². The smallest absolute Gasteiger partial charge is 0.407 e. The van der Waals surface area contributed by atoms with Gasteiger partial charge in [0.2, 0.25) is 0 Å². The van der Waals surface area contributed by atoms with Gasteiger partial charge in [-0.25, -0.2) is 4.79 Å². The van der Waals surface area contributed by atoms with Crippen LogP contribution >= 0.6 is 0 Å². The van der Waals surface area contributed by atoms with Crippen molar-refractivity contribution in [3.05, 3.63) is 30.1 Å². The standard InChI is InChI=1S/C16H27N5O2/c1-16(2,3)23-15(22)21-11-6-10-19-14(17)20-12-8-13-7-4-5-9-18-13/h4-5,7,9H,6,8,10-12H2,1-3H3,(H,21,22)(H3,17,19,20). The molecule has 0 fully saturated rings. The number of ether oxygens (including phenoxy) is 1. The highest BCUT2D eigenvalue weighted by atomic mass is 16.6. The minimum atomic E-state index is -0.482. The Morgan fingerprint density at radius 1 is 1.30 bits per heavy atom. The number of alkyl carbamates (subject to hydrolysis) is 1. The quantitative estimate of drug-likeness (QED) is 0.401. The van der Waals surface area contributed by atoms with Gasteiger partial charge >= 0.3 is 6.09 Å². The number of hydrogen-bond donors (Lipinski definition) is 3. The summed E-state index contributed by atoms with van der Waals surface area (Å²) in [7, 11) is 0. The van der Waals surface area contributed by atoms with E-state index in [9.17, 15) is 4.79 Å². The summed E-state index contributed by atoms with van der Waals surface area (Å²) in [6.07, 6.45) is 2.84. The van der Waals surface area contributed by atoms with Crippen LogP contribution in [0.4, 0.5) is 4.79 Å². The van der Waals surface area contributed by atoms with Crippen molar-refractivity contribution in [3.63, 3.8) is 0 Å². The zero-order valence-corrected chi connectivity index (χ0v) is 14.1. The van der Waals surface area contributed by atoms with Crippen LogP contribution in [0.3, 0.4) is 0 Å². The van der Waals surface area contributed by atoms with Gasteiger partial charge in [-0.2, -0.15) is 0 Å². The van der Waals surface area contributed by atoms with E-state index in [0.717, 1.165) is 12.1 Å². The Bertz CT molecular complexity index is 497. The van der Waals surface area contributed by atoms with Crippen molar-refractivity contribution in [3.8, 4) is 0 Å². The second-order valence-corrected chi connectivity index (χ2v) is 6.05. The molecule has 0 unspecified atom stereocenters. The van der Waals surface area contributed by atoms with Crippen molar-refractivity contribution in [1.29, 1.82) is 0 Å². The highest BCUT2D eigenvalue weighted by molar-refractivity contribution is 5.77. The zero-order chi connectivity index (χ0) is 17.1. The van der Waals surface area contributed by atoms with Crippen LogP contribution in [0.1, 0.15) is 32.9 Å². The number of nitrogens with zero attached hydrogens (tertiary/aromatic N) is 2. The van der Waals surface area contributed by atoms with E-state index in [-0.39, 0.29) is 0 Å². The van der Waals surface area contributed by atoms with Crippen LogP contribution in [0, 0.1) is 0 Å². The number of pyridine rings is 1. The van der Waals surface area contributed by atoms with Gasteiger partial charge in [-0.15, -0.1) is 0 Å². The maximum absolute atomic E-state index is 11.4. The lowest BCUT2D eigenvalue weighted by Crippen LogP contribution is -2.34. The molecule has 0 aromatic carbocycles. The molecule has 1 amide bonds. The topological polar surface area (TPSA) is 102 Å². The van der Waals surface area contributed by atoms with Crippen LogP contribution < -0.4 is 16.4 Å². The first kappa shape index (κ1) is 18.7. The van der Waals surface area contributed by atoms with Crippen LogP contribution in [0.5, 0.6) is 0 Å². The molecule has 0 aliphatic carbocycles. The molecule has 7 nitrogen and oxygen atoms in total. The lowest BCUT2D eigenvalue weighted by atomic mass is 10.2. The molecule has 1 heterocycles. The summed E-state index contributed by atoms with van der Waals surface area (Å²) in [6.45, 7) is 7.21. The van der Waals surface area contributed by atoms with Crippen molar-refractivity contribution in [2.45, 2.75) is 39.2 Å². The number of aliphatic imine (C=N–C) groups is 1. The fraction of sp³-hybridized carbons (Fsp3) is 0.562. The third kappa shape index (κ3) is 10.1. The fourth-order valence-corrected chi connectivity index (χ4v) is 1.70.